The van der Waals surface area contributed by atoms with Crippen molar-refractivity contribution in [2.45, 2.75) is 20.8 Å². The molecule has 0 atom stereocenters. The summed E-state index contributed by atoms with van der Waals surface area (Å²) in [5.74, 6) is 0.681. The zero-order chi connectivity index (χ0) is 9.89. The van der Waals surface area contributed by atoms with Crippen LogP contribution in [0.4, 0.5) is 0 Å². The number of hydrogen-bond donors (Lipinski definition) is 3. The van der Waals surface area contributed by atoms with Crippen molar-refractivity contribution >= 4 is 7.85 Å². The normalized spacial score (nSPS) is 12.7. The molecule has 0 unspecified atom stereocenters. The summed E-state index contributed by atoms with van der Waals surface area (Å²) in [6.07, 6.45) is 0. The van der Waals surface area contributed by atoms with E-state index in [0.29, 0.717) is 11.7 Å². The van der Waals surface area contributed by atoms with Crippen molar-refractivity contribution < 1.29 is 0 Å². The molecule has 0 aliphatic heterocycles. The molecule has 0 aliphatic carbocycles. The zero-order valence-corrected chi connectivity index (χ0v) is 8.31. The van der Waals surface area contributed by atoms with E-state index in [1.54, 1.807) is 0 Å². The molecule has 0 fully saturated rings. The summed E-state index contributed by atoms with van der Waals surface area (Å²) in [6, 6.07) is 0. The predicted molar refractivity (Wildman–Crippen MR) is 55.7 cm³/mol. The monoisotopic (exact) mass is 167 g/mol. The van der Waals surface area contributed by atoms with Gasteiger partial charge in [0.1, 0.15) is 0 Å². The maximum Gasteiger partial charge on any atom is 0.160 e. The van der Waals surface area contributed by atoms with E-state index in [-0.39, 0.29) is 0 Å². The Morgan fingerprint density at radius 3 is 1.67 bits per heavy atom. The second kappa shape index (κ2) is 4.09. The van der Waals surface area contributed by atoms with Crippen LogP contribution >= 0.6 is 0 Å². The molecule has 12 heavy (non-hydrogen) atoms. The molecule has 0 aromatic rings. The highest BCUT2D eigenvalue weighted by Gasteiger charge is 2.09. The minimum Gasteiger partial charge on any atom is -0.410 e. The van der Waals surface area contributed by atoms with Crippen LogP contribution in [-0.2, 0) is 0 Å². The maximum atomic E-state index is 5.65. The SMILES string of the molecule is B/C(N)=C(\C)C(=C(N)N)C(C)C. The summed E-state index contributed by atoms with van der Waals surface area (Å²) >= 11 is 0. The van der Waals surface area contributed by atoms with Gasteiger partial charge < -0.3 is 17.2 Å². The lowest BCUT2D eigenvalue weighted by molar-refractivity contribution is 0.758. The van der Waals surface area contributed by atoms with Crippen molar-refractivity contribution in [3.8, 4) is 0 Å². The van der Waals surface area contributed by atoms with E-state index in [9.17, 15) is 0 Å². The molecule has 0 aromatic heterocycles. The Bertz CT molecular complexity index is 220. The van der Waals surface area contributed by atoms with Crippen LogP contribution in [0, 0.1) is 5.92 Å². The van der Waals surface area contributed by atoms with Crippen LogP contribution in [0.25, 0.3) is 0 Å². The first-order valence-corrected chi connectivity index (χ1v) is 4.06. The fourth-order valence-electron chi connectivity index (χ4n) is 1.20. The van der Waals surface area contributed by atoms with E-state index in [2.05, 4.69) is 0 Å². The highest BCUT2D eigenvalue weighted by atomic mass is 14.8. The number of allylic oxidation sites excluding steroid dienone is 2. The molecule has 0 aliphatic rings. The minimum absolute atomic E-state index is 0.313. The van der Waals surface area contributed by atoms with Gasteiger partial charge in [-0.3, -0.25) is 0 Å². The van der Waals surface area contributed by atoms with E-state index in [1.807, 2.05) is 28.6 Å². The molecule has 6 N–H and O–H groups in total. The van der Waals surface area contributed by atoms with Gasteiger partial charge in [-0.15, -0.1) is 0 Å². The van der Waals surface area contributed by atoms with E-state index in [4.69, 9.17) is 17.2 Å². The molecule has 0 bridgehead atoms. The van der Waals surface area contributed by atoms with Gasteiger partial charge in [-0.1, -0.05) is 13.8 Å². The fraction of sp³-hybridized carbons (Fsp3) is 0.500. The Morgan fingerprint density at radius 2 is 1.58 bits per heavy atom. The number of rotatable bonds is 2. The fourth-order valence-corrected chi connectivity index (χ4v) is 1.20. The second-order valence-electron chi connectivity index (χ2n) is 3.33. The lowest BCUT2D eigenvalue weighted by atomic mass is 9.89. The smallest absolute Gasteiger partial charge is 0.160 e. The average molecular weight is 167 g/mol. The first-order chi connectivity index (χ1) is 5.37. The van der Waals surface area contributed by atoms with Crippen molar-refractivity contribution in [2.75, 3.05) is 0 Å². The third-order valence-electron chi connectivity index (χ3n) is 1.88. The standard InChI is InChI=1S/C8H18BN3/c1-4(2)6(8(11)12)5(3)7(9)10/h4H,9-12H2,1-3H3/b7-5-. The number of nitrogens with two attached hydrogens (primary N) is 3. The third-order valence-corrected chi connectivity index (χ3v) is 1.88. The number of hydrogen-bond acceptors (Lipinski definition) is 3. The summed E-state index contributed by atoms with van der Waals surface area (Å²) in [5, 5.41) is 0. The topological polar surface area (TPSA) is 78.1 Å². The van der Waals surface area contributed by atoms with Gasteiger partial charge >= 0.3 is 0 Å². The molecular weight excluding hydrogens is 149 g/mol. The van der Waals surface area contributed by atoms with Gasteiger partial charge in [0.25, 0.3) is 0 Å². The van der Waals surface area contributed by atoms with Crippen LogP contribution in [-0.4, -0.2) is 7.85 Å². The Hall–Kier alpha value is -1.06. The summed E-state index contributed by atoms with van der Waals surface area (Å²) in [6.45, 7) is 6.02. The van der Waals surface area contributed by atoms with Crippen molar-refractivity contribution in [1.82, 2.24) is 0 Å². The first kappa shape index (κ1) is 10.9. The summed E-state index contributed by atoms with van der Waals surface area (Å²) in [4.78, 5) is 0. The summed E-state index contributed by atoms with van der Waals surface area (Å²) in [7, 11) is 1.85. The minimum atomic E-state index is 0.313. The van der Waals surface area contributed by atoms with Crippen molar-refractivity contribution in [3.05, 3.63) is 22.6 Å². The first-order valence-electron chi connectivity index (χ1n) is 4.06. The van der Waals surface area contributed by atoms with Crippen LogP contribution in [0.15, 0.2) is 22.6 Å². The molecule has 0 amide bonds. The van der Waals surface area contributed by atoms with Crippen LogP contribution < -0.4 is 17.2 Å². The largest absolute Gasteiger partial charge is 0.410 e. The highest BCUT2D eigenvalue weighted by molar-refractivity contribution is 6.21. The predicted octanol–water partition coefficient (Wildman–Crippen LogP) is -0.405. The Labute approximate surface area is 75.1 Å². The van der Waals surface area contributed by atoms with Gasteiger partial charge in [0.2, 0.25) is 0 Å². The Balaban J connectivity index is 5.07. The Kier molecular flexibility index (Phi) is 3.73. The van der Waals surface area contributed by atoms with Crippen LogP contribution in [0.1, 0.15) is 20.8 Å². The molecule has 68 valence electrons. The van der Waals surface area contributed by atoms with E-state index < -0.39 is 0 Å². The molecule has 0 heterocycles. The van der Waals surface area contributed by atoms with Crippen LogP contribution in [0.2, 0.25) is 0 Å². The zero-order valence-electron chi connectivity index (χ0n) is 8.31. The van der Waals surface area contributed by atoms with Crippen LogP contribution in [0.5, 0.6) is 0 Å². The van der Waals surface area contributed by atoms with Gasteiger partial charge in [-0.05, 0) is 29.6 Å². The van der Waals surface area contributed by atoms with Crippen molar-refractivity contribution in [3.63, 3.8) is 0 Å². The second-order valence-corrected chi connectivity index (χ2v) is 3.33. The molecule has 0 saturated heterocycles. The molecule has 0 spiro atoms. The lowest BCUT2D eigenvalue weighted by Gasteiger charge is -2.15. The van der Waals surface area contributed by atoms with Crippen molar-refractivity contribution in [1.29, 1.82) is 0 Å². The Morgan fingerprint density at radius 1 is 1.17 bits per heavy atom. The van der Waals surface area contributed by atoms with E-state index >= 15 is 0 Å². The average Bonchev–Trinajstić information content (AvgIpc) is 1.85. The van der Waals surface area contributed by atoms with Gasteiger partial charge in [0.05, 0.1) is 5.82 Å². The molecule has 3 nitrogen and oxygen atoms in total. The summed E-state index contributed by atoms with van der Waals surface area (Å²) < 4.78 is 0. The maximum absolute atomic E-state index is 5.65. The molecule has 0 rings (SSSR count). The summed E-state index contributed by atoms with van der Waals surface area (Å²) in [5.41, 5.74) is 19.4. The third kappa shape index (κ3) is 2.53. The molecule has 0 saturated carbocycles. The molecule has 4 heteroatoms. The molecule has 0 aromatic carbocycles. The van der Waals surface area contributed by atoms with Gasteiger partial charge in [-0.2, -0.15) is 0 Å². The van der Waals surface area contributed by atoms with Gasteiger partial charge in [0, 0.05) is 0 Å². The van der Waals surface area contributed by atoms with Gasteiger partial charge in [-0.25, -0.2) is 0 Å². The van der Waals surface area contributed by atoms with E-state index in [0.717, 1.165) is 16.7 Å². The quantitative estimate of drug-likeness (QED) is 0.386. The van der Waals surface area contributed by atoms with Crippen LogP contribution in [0.3, 0.4) is 0 Å². The van der Waals surface area contributed by atoms with Gasteiger partial charge in [0.15, 0.2) is 7.85 Å². The van der Waals surface area contributed by atoms with E-state index in [1.165, 1.54) is 0 Å². The van der Waals surface area contributed by atoms with Crippen molar-refractivity contribution in [2.24, 2.45) is 23.1 Å². The molecule has 0 radical (unpaired) electrons. The lowest BCUT2D eigenvalue weighted by Crippen LogP contribution is -2.17. The molecular formula is C8H18BN3. The highest BCUT2D eigenvalue weighted by Crippen LogP contribution is 2.19.